The van der Waals surface area contributed by atoms with E-state index >= 15 is 0 Å². The summed E-state index contributed by atoms with van der Waals surface area (Å²) in [6.45, 7) is 36.1. The van der Waals surface area contributed by atoms with Gasteiger partial charge in [-0.1, -0.05) is 36.4 Å². The number of hydrogen-bond acceptors (Lipinski definition) is 12. The van der Waals surface area contributed by atoms with Crippen LogP contribution in [-0.2, 0) is 28.6 Å². The second-order valence-electron chi connectivity index (χ2n) is 15.7. The third kappa shape index (κ3) is 18.9. The van der Waals surface area contributed by atoms with Crippen LogP contribution < -0.4 is 24.2 Å². The van der Waals surface area contributed by atoms with Gasteiger partial charge in [0.05, 0.1) is 37.3 Å². The van der Waals surface area contributed by atoms with E-state index in [2.05, 4.69) is 42.0 Å². The van der Waals surface area contributed by atoms with Crippen LogP contribution >= 0.6 is 0 Å². The Morgan fingerprint density at radius 3 is 1.44 bits per heavy atom. The molecule has 0 N–H and O–H groups in total. The molecule has 0 fully saturated rings. The van der Waals surface area contributed by atoms with Crippen LogP contribution in [0.5, 0.6) is 11.5 Å². The molecular formula is C51H46F6N8O8. The van der Waals surface area contributed by atoms with Crippen molar-refractivity contribution in [2.24, 2.45) is 5.41 Å². The van der Waals surface area contributed by atoms with E-state index in [4.69, 9.17) is 40.5 Å². The Morgan fingerprint density at radius 1 is 0.658 bits per heavy atom. The predicted molar refractivity (Wildman–Crippen MR) is 259 cm³/mol. The molecule has 0 radical (unpaired) electrons. The number of halogens is 6. The van der Waals surface area contributed by atoms with Crippen LogP contribution in [-0.4, -0.2) is 104 Å². The molecule has 73 heavy (non-hydrogen) atoms. The van der Waals surface area contributed by atoms with Crippen LogP contribution in [0.15, 0.2) is 103 Å². The molecule has 0 bridgehead atoms. The molecular weight excluding hydrogens is 967 g/mol. The first-order valence-corrected chi connectivity index (χ1v) is 21.3. The number of likely N-dealkylation sites (N-methyl/N-ethyl adjacent to an activating group) is 2. The third-order valence-electron chi connectivity index (χ3n) is 9.91. The molecule has 0 saturated heterocycles. The molecule has 0 heterocycles. The van der Waals surface area contributed by atoms with Gasteiger partial charge in [0.1, 0.15) is 37.2 Å². The monoisotopic (exact) mass is 1010 g/mol. The van der Waals surface area contributed by atoms with E-state index in [-0.39, 0.29) is 26.2 Å². The van der Waals surface area contributed by atoms with Gasteiger partial charge in [0, 0.05) is 50.2 Å². The molecule has 0 saturated carbocycles. The van der Waals surface area contributed by atoms with Gasteiger partial charge < -0.3 is 48.1 Å². The van der Waals surface area contributed by atoms with Crippen molar-refractivity contribution in [2.75, 3.05) is 87.9 Å². The zero-order chi connectivity index (χ0) is 54.4. The SMILES string of the molecule is [C-]#[N+]CCN(C)c1ccc(/C=C(\[N+]#[C-])C(=O)OCC(C)(COC(=O)/C(=C/c2ccc(N(C)CC[N+]#[C-])cc2)[N+]#[C-])COC(=O)/C(C#N)=C/c2cc(OC(F)(F)F)c(N(CC=C)CC=C)cc2OC(F)(F)F)cc1. The maximum atomic E-state index is 13.7. The molecule has 0 unspecified atom stereocenters. The summed E-state index contributed by atoms with van der Waals surface area (Å²) in [5.74, 6) is -6.16. The van der Waals surface area contributed by atoms with Gasteiger partial charge in [-0.05, 0) is 66.6 Å². The van der Waals surface area contributed by atoms with E-state index in [9.17, 15) is 46.0 Å². The molecule has 380 valence electrons. The summed E-state index contributed by atoms with van der Waals surface area (Å²) < 4.78 is 107. The zero-order valence-corrected chi connectivity index (χ0v) is 39.5. The van der Waals surface area contributed by atoms with Gasteiger partial charge in [0.2, 0.25) is 13.1 Å². The number of rotatable bonds is 25. The Bertz CT molecular complexity index is 2670. The lowest BCUT2D eigenvalue weighted by Gasteiger charge is -2.28. The topological polar surface area (TPSA) is 148 Å². The normalized spacial score (nSPS) is 12.4. The smallest absolute Gasteiger partial charge is 0.470 e. The molecule has 0 aliphatic rings. The number of benzene rings is 3. The van der Waals surface area contributed by atoms with Crippen molar-refractivity contribution in [1.82, 2.24) is 0 Å². The van der Waals surface area contributed by atoms with Gasteiger partial charge in [0.25, 0.3) is 11.4 Å². The van der Waals surface area contributed by atoms with E-state index in [0.717, 1.165) is 16.3 Å². The van der Waals surface area contributed by atoms with Crippen LogP contribution in [0.2, 0.25) is 0 Å². The number of anilines is 3. The van der Waals surface area contributed by atoms with Crippen LogP contribution in [0.25, 0.3) is 37.6 Å². The number of carbonyl (C=O) groups is 3. The Kier molecular flexibility index (Phi) is 21.7. The lowest BCUT2D eigenvalue weighted by molar-refractivity contribution is -0.276. The van der Waals surface area contributed by atoms with Gasteiger partial charge in [-0.3, -0.25) is 9.59 Å². The number of nitrogens with zero attached hydrogens (tertiary/aromatic N) is 8. The highest BCUT2D eigenvalue weighted by atomic mass is 19.4. The lowest BCUT2D eigenvalue weighted by Crippen LogP contribution is -2.37. The van der Waals surface area contributed by atoms with Crippen molar-refractivity contribution in [3.05, 3.63) is 165 Å². The highest BCUT2D eigenvalue weighted by Gasteiger charge is 2.37. The molecule has 0 spiro atoms. The average molecular weight is 1010 g/mol. The van der Waals surface area contributed by atoms with Crippen LogP contribution in [0.1, 0.15) is 23.6 Å². The lowest BCUT2D eigenvalue weighted by atomic mass is 9.94. The van der Waals surface area contributed by atoms with E-state index in [1.165, 1.54) is 37.3 Å². The Hall–Kier alpha value is -9.20. The van der Waals surface area contributed by atoms with Gasteiger partial charge in [-0.2, -0.15) is 5.26 Å². The summed E-state index contributed by atoms with van der Waals surface area (Å²) in [7, 11) is 3.55. The molecule has 16 nitrogen and oxygen atoms in total. The first kappa shape index (κ1) is 58.1. The van der Waals surface area contributed by atoms with Crippen molar-refractivity contribution >= 4 is 53.2 Å². The van der Waals surface area contributed by atoms with Crippen molar-refractivity contribution in [3.8, 4) is 17.6 Å². The Labute approximate surface area is 417 Å². The second kappa shape index (κ2) is 27.3. The summed E-state index contributed by atoms with van der Waals surface area (Å²) in [6, 6.07) is 15.6. The largest absolute Gasteiger partial charge is 0.573 e. The molecule has 3 aromatic rings. The first-order valence-electron chi connectivity index (χ1n) is 21.3. The van der Waals surface area contributed by atoms with Crippen molar-refractivity contribution in [1.29, 1.82) is 5.26 Å². The van der Waals surface area contributed by atoms with Crippen LogP contribution in [0.4, 0.5) is 43.4 Å². The number of esters is 3. The minimum Gasteiger partial charge on any atom is -0.470 e. The van der Waals surface area contributed by atoms with E-state index in [0.29, 0.717) is 42.4 Å². The quantitative estimate of drug-likeness (QED) is 0.0151. The van der Waals surface area contributed by atoms with E-state index < -0.39 is 95.6 Å². The second-order valence-corrected chi connectivity index (χ2v) is 15.7. The molecule has 0 amide bonds. The third-order valence-corrected chi connectivity index (χ3v) is 9.91. The van der Waals surface area contributed by atoms with E-state index in [1.54, 1.807) is 62.6 Å². The minimum absolute atomic E-state index is 0.207. The highest BCUT2D eigenvalue weighted by molar-refractivity contribution is 5.99. The van der Waals surface area contributed by atoms with Gasteiger partial charge in [-0.25, -0.2) is 27.6 Å². The number of alkyl halides is 6. The number of nitriles is 1. The fraction of sp³-hybridized carbons (Fsp3) is 0.294. The molecule has 0 aliphatic carbocycles. The van der Waals surface area contributed by atoms with E-state index in [1.807, 2.05) is 9.80 Å². The summed E-state index contributed by atoms with van der Waals surface area (Å²) in [5.41, 5.74) is -3.02. The van der Waals surface area contributed by atoms with Gasteiger partial charge in [0.15, 0.2) is 5.75 Å². The average Bonchev–Trinajstić information content (AvgIpc) is 3.35. The highest BCUT2D eigenvalue weighted by Crippen LogP contribution is 2.41. The number of hydrogen-bond donors (Lipinski definition) is 0. The molecule has 0 atom stereocenters. The van der Waals surface area contributed by atoms with Crippen LogP contribution in [0, 0.1) is 43.0 Å². The van der Waals surface area contributed by atoms with Gasteiger partial charge in [-0.15, -0.1) is 39.5 Å². The standard InChI is InChI=1S/C51H46F6N8O8/c1-10-22-65(23-11-2)43-30-44(72-50(52,53)54)37(29-45(43)73-51(55,56)57)28-38(31-58)46(66)69-32-49(3,33-70-47(67)41(61-6)26-35-12-16-39(17-13-35)63(8)24-20-59-4)34-71-48(68)42(62-7)27-36-14-18-40(19-15-36)64(9)25-21-60-5/h10-19,26-30H,1-2,20-25,32-34H2,3,8-9H3/b38-28+,41-26-,42-27-. The van der Waals surface area contributed by atoms with Crippen molar-refractivity contribution in [2.45, 2.75) is 19.6 Å². The van der Waals surface area contributed by atoms with Gasteiger partial charge >= 0.3 is 30.6 Å². The predicted octanol–water partition coefficient (Wildman–Crippen LogP) is 9.84. The molecule has 22 heteroatoms. The molecule has 3 rings (SSSR count). The van der Waals surface area contributed by atoms with Crippen LogP contribution in [0.3, 0.4) is 0 Å². The summed E-state index contributed by atoms with van der Waals surface area (Å²) in [4.78, 5) is 58.2. The number of carbonyl (C=O) groups excluding carboxylic acids is 3. The van der Waals surface area contributed by atoms with Crippen molar-refractivity contribution in [3.63, 3.8) is 0 Å². The number of ether oxygens (including phenoxy) is 5. The Balaban J connectivity index is 2.03. The first-order chi connectivity index (χ1) is 34.5. The maximum Gasteiger partial charge on any atom is 0.573 e. The minimum atomic E-state index is -5.44. The fourth-order valence-corrected chi connectivity index (χ4v) is 6.19. The summed E-state index contributed by atoms with van der Waals surface area (Å²) >= 11 is 0. The van der Waals surface area contributed by atoms with Crippen molar-refractivity contribution < 1.29 is 64.4 Å². The Morgan fingerprint density at radius 2 is 1.07 bits per heavy atom. The molecule has 3 aromatic carbocycles. The summed E-state index contributed by atoms with van der Waals surface area (Å²) in [6.07, 6.45) is -5.46. The maximum absolute atomic E-state index is 13.7. The fourth-order valence-electron chi connectivity index (χ4n) is 6.19. The molecule has 0 aliphatic heterocycles. The summed E-state index contributed by atoms with van der Waals surface area (Å²) in [5, 5.41) is 10.0. The molecule has 0 aromatic heterocycles. The zero-order valence-electron chi connectivity index (χ0n) is 39.5.